The molecular formula is C93H161N21O25. The number of hydrogen-bond acceptors (Lipinski definition) is 27. The smallest absolute Gasteiger partial charge is 0.328 e. The van der Waals surface area contributed by atoms with Crippen molar-refractivity contribution in [3.05, 3.63) is 23.5 Å². The molecular weight excluding hydrogens is 1810 g/mol. The fraction of sp³-hybridized carbons (Fsp3) is 0.742. The average molecular weight is 1970 g/mol. The standard InChI is InChI=1S/C93H161N21O25/c1-21-24-25-29-55(118)43-69(120)97-57(23-3)92(137)114-38-28-31-67(114)85(130)106-65(44-116)83(128)104-63(41-47(6)7)81(126)109-71(50(12)13)89(134)107-66(45-117)84(129)105-64(42-48(8)9)82(127)110-74(53(18)19)90(135)111-72(51(14)15)87(132)100-58(32-33-68(96)119)77(122)103-62(40-46(4)5)80(125)108-70(49(10)11)86(131)98-56(22-2)76(121)113-75-54(20)139-93(138)61(30-26-27-36-94)102-78(123)59(34-37-95)99-79(124)60(35-39-115)101-88(133)73(52(16)17)112-91(75)136/h22-23,46-55,58-67,70-75,115-118H,21,24-45,94-95H2,1-20H3,(H2,96,119)(H,97,120)(H,98,131)(H,99,124)(H,100,132)(H,101,133)(H,102,123)(H,103,122)(H,104,128)(H,105,129)(H,106,130)(H,107,134)(H,108,125)(H,109,126)(H,110,127)(H,111,135)(H,112,136)(H,113,121)/b56-22-,57-23-/t54-,55?,58+,59+,60+,61+,62+,63+,64+,65+,66+,67+,70+,71+,72+,73+,74+,75?/m1/s1. The molecule has 0 saturated carbocycles. The number of rotatable bonds is 56. The summed E-state index contributed by atoms with van der Waals surface area (Å²) in [6, 6.07) is -24.2. The van der Waals surface area contributed by atoms with Gasteiger partial charge in [-0.15, -0.1) is 0 Å². The highest BCUT2D eigenvalue weighted by Gasteiger charge is 2.44. The van der Waals surface area contributed by atoms with Gasteiger partial charge in [0, 0.05) is 19.6 Å². The maximum atomic E-state index is 14.7. The van der Waals surface area contributed by atoms with Crippen LogP contribution in [-0.4, -0.2) is 292 Å². The summed E-state index contributed by atoms with van der Waals surface area (Å²) < 4.78 is 5.80. The molecule has 2 rings (SSSR count). The van der Waals surface area contributed by atoms with Gasteiger partial charge in [0.1, 0.15) is 114 Å². The van der Waals surface area contributed by atoms with Crippen LogP contribution >= 0.6 is 0 Å². The number of unbranched alkanes of at least 4 members (excludes halogenated alkanes) is 3. The van der Waals surface area contributed by atoms with E-state index in [0.717, 1.165) is 18.9 Å². The Morgan fingerprint density at radius 3 is 1.32 bits per heavy atom. The molecule has 139 heavy (non-hydrogen) atoms. The number of primary amides is 1. The minimum atomic E-state index is -1.89. The van der Waals surface area contributed by atoms with Crippen LogP contribution in [0.2, 0.25) is 0 Å². The van der Waals surface area contributed by atoms with Crippen LogP contribution in [-0.2, 0) is 101 Å². The molecule has 2 unspecified atom stereocenters. The van der Waals surface area contributed by atoms with Gasteiger partial charge in [-0.3, -0.25) is 91.1 Å². The molecule has 27 N–H and O–H groups in total. The van der Waals surface area contributed by atoms with E-state index >= 15 is 0 Å². The molecule has 2 aliphatic rings. The number of carbonyl (C=O) groups excluding carboxylic acids is 20. The molecule has 2 fully saturated rings. The SMILES string of the molecule is C/C=C(\NC(=O)[C@@H](NC(=O)[C@H](CC(C)C)NC(=O)[C@H](CCC(N)=O)NC(=O)[C@@H](NC(=O)[C@@H](NC(=O)[C@H](CC(C)C)NC(=O)[C@H](CO)NC(=O)[C@@H](NC(=O)[C@H](CC(C)C)NC(=O)[C@H](CO)NC(=O)[C@@H]1CCCN1C(=O)/C(=C/C)NC(=O)CC(O)CCCCC)C(C)C)C(C)C)C(C)C)C(C)C)C(=O)NC1C(=O)N[C@@H](C(C)C)C(=O)N[C@@H](CCO)C(=O)N[C@@H](CCN)C(=O)N[C@@H](CCCCN)C(=O)O[C@@H]1C. The predicted octanol–water partition coefficient (Wildman–Crippen LogP) is -3.91. The molecule has 0 aromatic carbocycles. The maximum Gasteiger partial charge on any atom is 0.328 e. The number of likely N-dealkylation sites (tertiary alicyclic amines) is 1. The molecule has 46 heteroatoms. The van der Waals surface area contributed by atoms with Crippen molar-refractivity contribution in [1.82, 2.24) is 95.3 Å². The summed E-state index contributed by atoms with van der Waals surface area (Å²) in [5, 5.41) is 84.7. The second-order valence-electron chi connectivity index (χ2n) is 38.4. The van der Waals surface area contributed by atoms with Crippen LogP contribution in [0.3, 0.4) is 0 Å². The van der Waals surface area contributed by atoms with E-state index < -0.39 is 295 Å². The van der Waals surface area contributed by atoms with Crippen LogP contribution in [0.25, 0.3) is 0 Å². The Balaban J connectivity index is 2.44. The van der Waals surface area contributed by atoms with E-state index in [1.807, 2.05) is 6.92 Å². The van der Waals surface area contributed by atoms with E-state index in [1.54, 1.807) is 96.9 Å². The van der Waals surface area contributed by atoms with E-state index in [0.29, 0.717) is 25.7 Å². The van der Waals surface area contributed by atoms with Gasteiger partial charge in [0.2, 0.25) is 100 Å². The molecule has 18 atom stereocenters. The number of nitrogens with zero attached hydrogens (tertiary/aromatic N) is 1. The van der Waals surface area contributed by atoms with E-state index in [1.165, 1.54) is 45.6 Å². The number of amides is 19. The Hall–Kier alpha value is -11.4. The van der Waals surface area contributed by atoms with E-state index in [-0.39, 0.29) is 101 Å². The van der Waals surface area contributed by atoms with Crippen molar-refractivity contribution in [2.75, 3.05) is 39.5 Å². The number of nitrogens with one attached hydrogen (secondary N) is 17. The second-order valence-corrected chi connectivity index (χ2v) is 38.4. The van der Waals surface area contributed by atoms with Crippen molar-refractivity contribution in [2.24, 2.45) is 64.5 Å². The van der Waals surface area contributed by atoms with Crippen molar-refractivity contribution in [1.29, 1.82) is 0 Å². The van der Waals surface area contributed by atoms with E-state index in [4.69, 9.17) is 21.9 Å². The quantitative estimate of drug-likeness (QED) is 0.0157. The van der Waals surface area contributed by atoms with Gasteiger partial charge in [0.15, 0.2) is 0 Å². The molecule has 46 nitrogen and oxygen atoms in total. The predicted molar refractivity (Wildman–Crippen MR) is 511 cm³/mol. The zero-order valence-corrected chi connectivity index (χ0v) is 84.5. The third kappa shape index (κ3) is 42.3. The number of cyclic esters (lactones) is 1. The van der Waals surface area contributed by atoms with E-state index in [2.05, 4.69) is 90.4 Å². The minimum absolute atomic E-state index is 0.0437. The third-order valence-electron chi connectivity index (χ3n) is 23.2. The monoisotopic (exact) mass is 1970 g/mol. The highest BCUT2D eigenvalue weighted by molar-refractivity contribution is 6.05. The van der Waals surface area contributed by atoms with Crippen LogP contribution < -0.4 is 108 Å². The summed E-state index contributed by atoms with van der Waals surface area (Å²) in [6.45, 7) is 29.4. The average Bonchev–Trinajstić information content (AvgIpc) is 1.67. The molecule has 2 saturated heterocycles. The normalized spacial score (nSPS) is 19.9. The van der Waals surface area contributed by atoms with Gasteiger partial charge in [-0.25, -0.2) is 4.79 Å². The number of ether oxygens (including phenoxy) is 1. The molecule has 2 aliphatic heterocycles. The van der Waals surface area contributed by atoms with Crippen molar-refractivity contribution in [2.45, 2.75) is 357 Å². The van der Waals surface area contributed by atoms with Crippen LogP contribution in [0.1, 0.15) is 248 Å². The number of esters is 1. The summed E-state index contributed by atoms with van der Waals surface area (Å²) in [5.74, 6) is -23.8. The van der Waals surface area contributed by atoms with Crippen molar-refractivity contribution >= 4 is 118 Å². The highest BCUT2D eigenvalue weighted by Crippen LogP contribution is 2.23. The third-order valence-corrected chi connectivity index (χ3v) is 23.2. The summed E-state index contributed by atoms with van der Waals surface area (Å²) in [7, 11) is 0. The van der Waals surface area contributed by atoms with Crippen LogP contribution in [0.15, 0.2) is 23.5 Å². The Kier molecular flexibility index (Phi) is 55.7. The lowest BCUT2D eigenvalue weighted by Crippen LogP contribution is -2.63. The maximum absolute atomic E-state index is 14.7. The molecule has 0 aromatic rings. The van der Waals surface area contributed by atoms with Crippen molar-refractivity contribution in [3.8, 4) is 0 Å². The van der Waals surface area contributed by atoms with E-state index in [9.17, 15) is 116 Å². The summed E-state index contributed by atoms with van der Waals surface area (Å²) in [6.07, 6.45) is 2.00. The largest absolute Gasteiger partial charge is 0.458 e. The van der Waals surface area contributed by atoms with Gasteiger partial charge >= 0.3 is 5.97 Å². The number of allylic oxidation sites excluding steroid dienone is 2. The second kappa shape index (κ2) is 62.6. The van der Waals surface area contributed by atoms with Crippen LogP contribution in [0.4, 0.5) is 0 Å². The first-order valence-corrected chi connectivity index (χ1v) is 48.4. The highest BCUT2D eigenvalue weighted by atomic mass is 16.5. The number of carbonyl (C=O) groups is 20. The fourth-order valence-corrected chi connectivity index (χ4v) is 15.2. The number of hydrogen-bond donors (Lipinski definition) is 24. The molecule has 0 spiro atoms. The van der Waals surface area contributed by atoms with Crippen LogP contribution in [0, 0.1) is 47.3 Å². The lowest BCUT2D eigenvalue weighted by Gasteiger charge is -2.31. The zero-order chi connectivity index (χ0) is 106. The lowest BCUT2D eigenvalue weighted by atomic mass is 9.97. The zero-order valence-electron chi connectivity index (χ0n) is 84.5. The Morgan fingerprint density at radius 1 is 0.468 bits per heavy atom. The fourth-order valence-electron chi connectivity index (χ4n) is 15.2. The van der Waals surface area contributed by atoms with Gasteiger partial charge in [-0.2, -0.15) is 0 Å². The molecule has 788 valence electrons. The van der Waals surface area contributed by atoms with Gasteiger partial charge < -0.3 is 138 Å². The van der Waals surface area contributed by atoms with Gasteiger partial charge in [-0.05, 0) is 158 Å². The molecule has 0 bridgehead atoms. The summed E-state index contributed by atoms with van der Waals surface area (Å²) >= 11 is 0. The minimum Gasteiger partial charge on any atom is -0.458 e. The Morgan fingerprint density at radius 2 is 0.892 bits per heavy atom. The molecule has 0 radical (unpaired) electrons. The van der Waals surface area contributed by atoms with Gasteiger partial charge in [0.25, 0.3) is 11.8 Å². The first kappa shape index (κ1) is 124. The lowest BCUT2D eigenvalue weighted by molar-refractivity contribution is -0.156. The summed E-state index contributed by atoms with van der Waals surface area (Å²) in [5.41, 5.74) is 16.5. The first-order valence-electron chi connectivity index (χ1n) is 48.4. The number of aliphatic hydroxyl groups is 4. The Bertz CT molecular complexity index is 4200. The van der Waals surface area contributed by atoms with Crippen molar-refractivity contribution in [3.63, 3.8) is 0 Å². The van der Waals surface area contributed by atoms with Crippen molar-refractivity contribution < 1.29 is 121 Å². The topological polar surface area (TPSA) is 717 Å². The molecule has 0 aliphatic carbocycles. The Labute approximate surface area is 815 Å². The van der Waals surface area contributed by atoms with Gasteiger partial charge in [-0.1, -0.05) is 149 Å². The molecule has 19 amide bonds. The summed E-state index contributed by atoms with van der Waals surface area (Å²) in [4.78, 5) is 283. The number of aliphatic hydroxyl groups excluding tert-OH is 4. The first-order chi connectivity index (χ1) is 65.2. The van der Waals surface area contributed by atoms with Crippen LogP contribution in [0.5, 0.6) is 0 Å². The van der Waals surface area contributed by atoms with Gasteiger partial charge in [0.05, 0.1) is 25.7 Å². The molecule has 0 aromatic heterocycles. The molecule has 2 heterocycles. The number of nitrogens with two attached hydrogens (primary N) is 3.